The number of anilines is 3. The Morgan fingerprint density at radius 1 is 0.333 bits per heavy atom. The Labute approximate surface area is 390 Å². The average molecular weight is 860 g/mol. The van der Waals surface area contributed by atoms with Crippen molar-refractivity contribution in [3.63, 3.8) is 0 Å². The van der Waals surface area contributed by atoms with Crippen LogP contribution in [0.3, 0.4) is 0 Å². The van der Waals surface area contributed by atoms with Crippen LogP contribution in [0.1, 0.15) is 47.2 Å². The van der Waals surface area contributed by atoms with Crippen molar-refractivity contribution in [1.82, 2.24) is 0 Å². The zero-order chi connectivity index (χ0) is 44.0. The maximum absolute atomic E-state index is 2.57. The largest absolute Gasteiger partial charge is 0.309 e. The summed E-state index contributed by atoms with van der Waals surface area (Å²) < 4.78 is 2.58. The third kappa shape index (κ3) is 5.52. The molecule has 13 rings (SSSR count). The summed E-state index contributed by atoms with van der Waals surface area (Å²) in [6.07, 6.45) is 0. The minimum Gasteiger partial charge on any atom is -0.309 e. The molecule has 2 heteroatoms. The van der Waals surface area contributed by atoms with Crippen LogP contribution in [0, 0.1) is 0 Å². The number of para-hydroxylation sites is 1. The molecule has 0 saturated heterocycles. The quantitative estimate of drug-likeness (QED) is 0.161. The molecule has 1 nitrogen and oxygen atoms in total. The Bertz CT molecular complexity index is 3650. The van der Waals surface area contributed by atoms with Crippen LogP contribution in [0.2, 0.25) is 0 Å². The van der Waals surface area contributed by atoms with E-state index in [0.29, 0.717) is 0 Å². The van der Waals surface area contributed by atoms with Gasteiger partial charge in [0.15, 0.2) is 0 Å². The van der Waals surface area contributed by atoms with Gasteiger partial charge in [-0.05, 0) is 97.1 Å². The van der Waals surface area contributed by atoms with Gasteiger partial charge in [-0.25, -0.2) is 0 Å². The van der Waals surface area contributed by atoms with E-state index >= 15 is 0 Å². The number of hydrogen-bond acceptors (Lipinski definition) is 2. The molecular formula is C64H45NS. The second kappa shape index (κ2) is 14.9. The highest BCUT2D eigenvalue weighted by molar-refractivity contribution is 7.25. The summed E-state index contributed by atoms with van der Waals surface area (Å²) in [7, 11) is 0. The van der Waals surface area contributed by atoms with Crippen molar-refractivity contribution in [2.24, 2.45) is 0 Å². The molecule has 0 amide bonds. The van der Waals surface area contributed by atoms with Crippen molar-refractivity contribution in [2.75, 3.05) is 4.90 Å². The molecule has 1 heterocycles. The molecule has 0 saturated carbocycles. The standard InChI is InChI=1S/C64H45NS/c1-63(2)53-31-14-16-33-55(53)64(56-34-17-15-32-54(56)63)52-30-13-10-29-51(52)62-57(64)35-20-37-59(62)65(43-39-40-50-49-28-12-19-38-60(49)66-61(50)41-43)58-36-18-11-27-48(58)47-26-9-8-25-46(47)45-24-7-6-23-44(45)42-21-4-3-5-22-42/h3-41H,1-2H3. The Morgan fingerprint density at radius 2 is 0.818 bits per heavy atom. The lowest BCUT2D eigenvalue weighted by Crippen LogP contribution is -2.40. The molecule has 0 fully saturated rings. The second-order valence-corrected chi connectivity index (χ2v) is 19.4. The normalized spacial score (nSPS) is 13.8. The molecule has 0 unspecified atom stereocenters. The van der Waals surface area contributed by atoms with Crippen LogP contribution in [0.4, 0.5) is 17.1 Å². The summed E-state index contributed by atoms with van der Waals surface area (Å²) in [4.78, 5) is 2.57. The molecule has 0 N–H and O–H groups in total. The Balaban J connectivity index is 1.11. The van der Waals surface area contributed by atoms with Gasteiger partial charge in [0.25, 0.3) is 0 Å². The summed E-state index contributed by atoms with van der Waals surface area (Å²) in [5, 5.41) is 2.59. The van der Waals surface area contributed by atoms with Crippen LogP contribution < -0.4 is 4.90 Å². The molecule has 1 spiro atoms. The number of fused-ring (bicyclic) bond motifs is 12. The van der Waals surface area contributed by atoms with E-state index in [1.54, 1.807) is 0 Å². The molecular weight excluding hydrogens is 815 g/mol. The van der Waals surface area contributed by atoms with Gasteiger partial charge in [-0.2, -0.15) is 0 Å². The van der Waals surface area contributed by atoms with Crippen LogP contribution in [0.15, 0.2) is 237 Å². The minimum atomic E-state index is -0.515. The van der Waals surface area contributed by atoms with Gasteiger partial charge in [-0.3, -0.25) is 0 Å². The smallest absolute Gasteiger partial charge is 0.0720 e. The fourth-order valence-corrected chi connectivity index (χ4v) is 12.9. The first kappa shape index (κ1) is 38.7. The van der Waals surface area contributed by atoms with Gasteiger partial charge >= 0.3 is 0 Å². The summed E-state index contributed by atoms with van der Waals surface area (Å²) >= 11 is 1.87. The molecule has 312 valence electrons. The zero-order valence-electron chi connectivity index (χ0n) is 36.9. The molecule has 0 atom stereocenters. The zero-order valence-corrected chi connectivity index (χ0v) is 37.7. The second-order valence-electron chi connectivity index (χ2n) is 18.3. The summed E-state index contributed by atoms with van der Waals surface area (Å²) in [5.41, 5.74) is 20.6. The van der Waals surface area contributed by atoms with E-state index in [2.05, 4.69) is 255 Å². The third-order valence-corrected chi connectivity index (χ3v) is 15.7. The number of hydrogen-bond donors (Lipinski definition) is 0. The van der Waals surface area contributed by atoms with E-state index in [4.69, 9.17) is 0 Å². The van der Waals surface area contributed by atoms with Gasteiger partial charge < -0.3 is 4.90 Å². The van der Waals surface area contributed by atoms with Crippen LogP contribution >= 0.6 is 11.3 Å². The number of benzene rings is 10. The lowest BCUT2D eigenvalue weighted by atomic mass is 9.55. The van der Waals surface area contributed by atoms with Gasteiger partial charge in [0.1, 0.15) is 0 Å². The molecule has 0 aliphatic heterocycles. The summed E-state index contributed by atoms with van der Waals surface area (Å²) in [5.74, 6) is 0. The van der Waals surface area contributed by atoms with Crippen molar-refractivity contribution in [3.8, 4) is 44.5 Å². The monoisotopic (exact) mass is 859 g/mol. The Hall–Kier alpha value is -7.78. The van der Waals surface area contributed by atoms with E-state index in [0.717, 1.165) is 17.1 Å². The molecule has 10 aromatic carbocycles. The van der Waals surface area contributed by atoms with Gasteiger partial charge in [0.2, 0.25) is 0 Å². The van der Waals surface area contributed by atoms with Crippen LogP contribution in [-0.4, -0.2) is 0 Å². The Kier molecular flexibility index (Phi) is 8.72. The fraction of sp³-hybridized carbons (Fsp3) is 0.0625. The SMILES string of the molecule is CC1(C)c2ccccc2C2(c3ccccc3-c3c(N(c4ccc5c(c4)sc4ccccc45)c4ccccc4-c4ccccc4-c4ccccc4-c4ccccc4)cccc32)c2ccccc21. The number of rotatable bonds is 6. The van der Waals surface area contributed by atoms with E-state index < -0.39 is 5.41 Å². The van der Waals surface area contributed by atoms with Crippen LogP contribution in [0.25, 0.3) is 64.7 Å². The highest BCUT2D eigenvalue weighted by Gasteiger charge is 2.54. The van der Waals surface area contributed by atoms with Crippen LogP contribution in [0.5, 0.6) is 0 Å². The number of nitrogens with zero attached hydrogens (tertiary/aromatic N) is 1. The third-order valence-electron chi connectivity index (χ3n) is 14.6. The van der Waals surface area contributed by atoms with Gasteiger partial charge in [-0.1, -0.05) is 220 Å². The van der Waals surface area contributed by atoms with Crippen molar-refractivity contribution < 1.29 is 0 Å². The Morgan fingerprint density at radius 3 is 1.53 bits per heavy atom. The van der Waals surface area contributed by atoms with Gasteiger partial charge in [0, 0.05) is 42.4 Å². The molecule has 1 aromatic heterocycles. The first-order valence-electron chi connectivity index (χ1n) is 23.0. The minimum absolute atomic E-state index is 0.176. The van der Waals surface area contributed by atoms with Gasteiger partial charge in [-0.15, -0.1) is 11.3 Å². The van der Waals surface area contributed by atoms with Gasteiger partial charge in [0.05, 0.1) is 16.8 Å². The van der Waals surface area contributed by atoms with Crippen LogP contribution in [-0.2, 0) is 10.8 Å². The lowest BCUT2D eigenvalue weighted by Gasteiger charge is -2.46. The van der Waals surface area contributed by atoms with Crippen molar-refractivity contribution in [3.05, 3.63) is 270 Å². The average Bonchev–Trinajstić information content (AvgIpc) is 3.90. The maximum Gasteiger partial charge on any atom is 0.0720 e. The molecule has 0 radical (unpaired) electrons. The van der Waals surface area contributed by atoms with E-state index in [1.807, 2.05) is 11.3 Å². The molecule has 0 bridgehead atoms. The van der Waals surface area contributed by atoms with Crippen molar-refractivity contribution in [2.45, 2.75) is 24.7 Å². The van der Waals surface area contributed by atoms with E-state index in [1.165, 1.54) is 98.1 Å². The van der Waals surface area contributed by atoms with Crippen molar-refractivity contribution in [1.29, 1.82) is 0 Å². The summed E-state index contributed by atoms with van der Waals surface area (Å²) in [6.45, 7) is 4.79. The lowest BCUT2D eigenvalue weighted by molar-refractivity contribution is 0.563. The predicted octanol–water partition coefficient (Wildman–Crippen LogP) is 17.5. The van der Waals surface area contributed by atoms with Crippen molar-refractivity contribution >= 4 is 48.6 Å². The highest BCUT2D eigenvalue weighted by atomic mass is 32.1. The van der Waals surface area contributed by atoms with E-state index in [9.17, 15) is 0 Å². The predicted molar refractivity (Wildman–Crippen MR) is 280 cm³/mol. The maximum atomic E-state index is 2.57. The first-order chi connectivity index (χ1) is 32.5. The fourth-order valence-electron chi connectivity index (χ4n) is 11.8. The first-order valence-corrected chi connectivity index (χ1v) is 23.8. The topological polar surface area (TPSA) is 3.24 Å². The summed E-state index contributed by atoms with van der Waals surface area (Å²) in [6, 6.07) is 88.4. The molecule has 11 aromatic rings. The number of thiophene rings is 1. The molecule has 2 aliphatic rings. The molecule has 66 heavy (non-hydrogen) atoms. The highest BCUT2D eigenvalue weighted by Crippen LogP contribution is 2.64. The molecule has 2 aliphatic carbocycles. The van der Waals surface area contributed by atoms with E-state index in [-0.39, 0.29) is 5.41 Å².